The average Bonchev–Trinajstić information content (AvgIpc) is 2.73. The van der Waals surface area contributed by atoms with Crippen LogP contribution in [0.4, 0.5) is 0 Å². The Hall–Kier alpha value is 0.380. The van der Waals surface area contributed by atoms with Crippen molar-refractivity contribution in [2.24, 2.45) is 0 Å². The normalized spacial score (nSPS) is 14.5. The van der Waals surface area contributed by atoms with Crippen molar-refractivity contribution in [3.05, 3.63) is 0 Å². The fourth-order valence-corrected chi connectivity index (χ4v) is 4.95. The van der Waals surface area contributed by atoms with Crippen LogP contribution in [0.25, 0.3) is 0 Å². The molecule has 0 rings (SSSR count). The molecule has 0 saturated heterocycles. The Morgan fingerprint density at radius 3 is 1.64 bits per heavy atom. The second-order valence-corrected chi connectivity index (χ2v) is 12.7. The molecule has 33 heavy (non-hydrogen) atoms. The van der Waals surface area contributed by atoms with Crippen molar-refractivity contribution in [3.63, 3.8) is 0 Å². The smallest absolute Gasteiger partial charge is 0.380 e. The van der Waals surface area contributed by atoms with Gasteiger partial charge in [0.1, 0.15) is 12.6 Å². The van der Waals surface area contributed by atoms with Crippen molar-refractivity contribution >= 4 is 19.6 Å². The molecule has 0 amide bonds. The quantitative estimate of drug-likeness (QED) is 0.0842. The molecule has 200 valence electrons. The molecule has 8 heteroatoms. The highest BCUT2D eigenvalue weighted by molar-refractivity contribution is 7.99. The van der Waals surface area contributed by atoms with Gasteiger partial charge in [0, 0.05) is 18.3 Å². The molecule has 0 aliphatic carbocycles. The molecule has 0 saturated carbocycles. The Bertz CT molecular complexity index is 484. The lowest BCUT2D eigenvalue weighted by Gasteiger charge is -2.35. The van der Waals surface area contributed by atoms with Gasteiger partial charge in [0.05, 0.1) is 27.7 Å². The molecule has 0 radical (unpaired) electrons. The molecule has 0 heterocycles. The van der Waals surface area contributed by atoms with Crippen molar-refractivity contribution in [3.8, 4) is 0 Å². The van der Waals surface area contributed by atoms with Gasteiger partial charge in [0.25, 0.3) is 0 Å². The van der Waals surface area contributed by atoms with E-state index in [4.69, 9.17) is 19.0 Å². The van der Waals surface area contributed by atoms with Gasteiger partial charge in [0.2, 0.25) is 0 Å². The number of likely N-dealkylation sites (N-methyl/N-ethyl adjacent to an activating group) is 1. The van der Waals surface area contributed by atoms with Crippen LogP contribution < -0.4 is 0 Å². The summed E-state index contributed by atoms with van der Waals surface area (Å²) in [5.74, 6) is 0. The largest absolute Gasteiger partial charge is 0.469 e. The first kappa shape index (κ1) is 33.4. The Morgan fingerprint density at radius 1 is 0.788 bits per heavy atom. The number of phosphoric acid groups is 1. The van der Waals surface area contributed by atoms with Crippen molar-refractivity contribution in [1.29, 1.82) is 0 Å². The maximum absolute atomic E-state index is 11.1. The molecule has 0 bridgehead atoms. The molecule has 0 aromatic carbocycles. The molecular weight excluding hydrogens is 457 g/mol. The summed E-state index contributed by atoms with van der Waals surface area (Å²) in [5, 5.41) is 0.291. The molecule has 2 N–H and O–H groups in total. The summed E-state index contributed by atoms with van der Waals surface area (Å²) in [6.45, 7) is 3.79. The third kappa shape index (κ3) is 22.6. The lowest BCUT2D eigenvalue weighted by molar-refractivity contribution is -0.896. The molecule has 2 unspecified atom stereocenters. The standard InChI is InChI=1S/C25H54NO5PS/c1-6-7-8-9-10-11-12-13-14-15-16-17-18-19-20-30-23-25(33-5)21-24(26(2,3)4)22-31-32(27,28)29/h24-25H,6-23H2,1-5H3,(H-,27,28,29)/p+1. The minimum absolute atomic E-state index is 0.000247. The van der Waals surface area contributed by atoms with Gasteiger partial charge in [-0.25, -0.2) is 4.57 Å². The predicted molar refractivity (Wildman–Crippen MR) is 143 cm³/mol. The summed E-state index contributed by atoms with van der Waals surface area (Å²) in [7, 11) is 1.64. The Kier molecular flexibility index (Phi) is 20.8. The van der Waals surface area contributed by atoms with E-state index in [1.807, 2.05) is 21.1 Å². The van der Waals surface area contributed by atoms with Crippen LogP contribution in [0.3, 0.4) is 0 Å². The van der Waals surface area contributed by atoms with Gasteiger partial charge in [-0.3, -0.25) is 4.52 Å². The first-order chi connectivity index (χ1) is 15.6. The van der Waals surface area contributed by atoms with Crippen molar-refractivity contribution in [1.82, 2.24) is 0 Å². The van der Waals surface area contributed by atoms with E-state index in [0.717, 1.165) is 19.4 Å². The van der Waals surface area contributed by atoms with Gasteiger partial charge in [0.15, 0.2) is 0 Å². The zero-order chi connectivity index (χ0) is 25.0. The molecule has 2 atom stereocenters. The third-order valence-corrected chi connectivity index (χ3v) is 7.83. The molecule has 0 fully saturated rings. The summed E-state index contributed by atoms with van der Waals surface area (Å²) in [4.78, 5) is 18.1. The van der Waals surface area contributed by atoms with Crippen molar-refractivity contribution < 1.29 is 28.1 Å². The van der Waals surface area contributed by atoms with Gasteiger partial charge in [-0.1, -0.05) is 90.4 Å². The van der Waals surface area contributed by atoms with E-state index in [1.54, 1.807) is 11.8 Å². The lowest BCUT2D eigenvalue weighted by Crippen LogP contribution is -2.49. The van der Waals surface area contributed by atoms with E-state index in [2.05, 4.69) is 13.2 Å². The molecule has 0 aliphatic heterocycles. The maximum Gasteiger partial charge on any atom is 0.469 e. The van der Waals surface area contributed by atoms with E-state index in [-0.39, 0.29) is 12.6 Å². The highest BCUT2D eigenvalue weighted by Crippen LogP contribution is 2.36. The van der Waals surface area contributed by atoms with Gasteiger partial charge < -0.3 is 19.0 Å². The summed E-state index contributed by atoms with van der Waals surface area (Å²) < 4.78 is 22.4. The van der Waals surface area contributed by atoms with E-state index in [1.165, 1.54) is 83.5 Å². The number of hydrogen-bond donors (Lipinski definition) is 2. The first-order valence-corrected chi connectivity index (χ1v) is 16.0. The third-order valence-electron chi connectivity index (χ3n) is 6.34. The van der Waals surface area contributed by atoms with Crippen LogP contribution in [0.5, 0.6) is 0 Å². The first-order valence-electron chi connectivity index (χ1n) is 13.2. The van der Waals surface area contributed by atoms with E-state index in [9.17, 15) is 4.57 Å². The summed E-state index contributed by atoms with van der Waals surface area (Å²) in [6.07, 6.45) is 21.9. The highest BCUT2D eigenvalue weighted by Gasteiger charge is 2.30. The fourth-order valence-electron chi connectivity index (χ4n) is 3.94. The number of thioether (sulfide) groups is 1. The fraction of sp³-hybridized carbons (Fsp3) is 1.00. The molecule has 6 nitrogen and oxygen atoms in total. The second-order valence-electron chi connectivity index (χ2n) is 10.3. The zero-order valence-corrected chi connectivity index (χ0v) is 24.0. The van der Waals surface area contributed by atoms with Crippen LogP contribution in [-0.4, -0.2) is 72.8 Å². The molecule has 0 aromatic rings. The molecular formula is C25H55NO5PS+. The van der Waals surface area contributed by atoms with Crippen LogP contribution in [-0.2, 0) is 13.8 Å². The number of phosphoric ester groups is 1. The summed E-state index contributed by atoms with van der Waals surface area (Å²) in [6, 6.07) is -0.000247. The van der Waals surface area contributed by atoms with E-state index >= 15 is 0 Å². The van der Waals surface area contributed by atoms with Gasteiger partial charge in [-0.15, -0.1) is 0 Å². The predicted octanol–water partition coefficient (Wildman–Crippen LogP) is 6.79. The topological polar surface area (TPSA) is 76.0 Å². The number of quaternary nitrogens is 1. The lowest BCUT2D eigenvalue weighted by atomic mass is 10.0. The van der Waals surface area contributed by atoms with Gasteiger partial charge in [-0.05, 0) is 12.7 Å². The van der Waals surface area contributed by atoms with E-state index in [0.29, 0.717) is 16.3 Å². The van der Waals surface area contributed by atoms with Crippen LogP contribution in [0.1, 0.15) is 103 Å². The second kappa shape index (κ2) is 20.6. The Labute approximate surface area is 209 Å². The molecule has 0 aliphatic rings. The zero-order valence-electron chi connectivity index (χ0n) is 22.3. The van der Waals surface area contributed by atoms with Crippen LogP contribution in [0.15, 0.2) is 0 Å². The minimum atomic E-state index is -4.44. The number of hydrogen-bond acceptors (Lipinski definition) is 4. The van der Waals surface area contributed by atoms with Crippen LogP contribution in [0.2, 0.25) is 0 Å². The Balaban J connectivity index is 3.73. The number of rotatable bonds is 24. The minimum Gasteiger partial charge on any atom is -0.380 e. The van der Waals surface area contributed by atoms with Gasteiger partial charge >= 0.3 is 7.82 Å². The van der Waals surface area contributed by atoms with Crippen LogP contribution >= 0.6 is 19.6 Å². The molecule has 0 aromatic heterocycles. The van der Waals surface area contributed by atoms with Crippen molar-refractivity contribution in [2.45, 2.75) is 115 Å². The molecule has 0 spiro atoms. The number of unbranched alkanes of at least 4 members (excludes halogenated alkanes) is 13. The number of nitrogens with zero attached hydrogens (tertiary/aromatic N) is 1. The summed E-state index contributed by atoms with van der Waals surface area (Å²) >= 11 is 1.75. The monoisotopic (exact) mass is 512 g/mol. The average molecular weight is 513 g/mol. The van der Waals surface area contributed by atoms with E-state index < -0.39 is 7.82 Å². The summed E-state index contributed by atoms with van der Waals surface area (Å²) in [5.41, 5.74) is 0. The SMILES string of the molecule is CCCCCCCCCCCCCCCCOCC(CC(COP(=O)(O)O)[N+](C)(C)C)SC. The highest BCUT2D eigenvalue weighted by atomic mass is 32.2. The number of ether oxygens (including phenoxy) is 1. The van der Waals surface area contributed by atoms with Crippen LogP contribution in [0, 0.1) is 0 Å². The van der Waals surface area contributed by atoms with Crippen molar-refractivity contribution in [2.75, 3.05) is 47.2 Å². The van der Waals surface area contributed by atoms with Gasteiger partial charge in [-0.2, -0.15) is 11.8 Å². The maximum atomic E-state index is 11.1. The Morgan fingerprint density at radius 2 is 1.24 bits per heavy atom.